The van der Waals surface area contributed by atoms with Gasteiger partial charge in [-0.1, -0.05) is 13.8 Å². The van der Waals surface area contributed by atoms with Crippen molar-refractivity contribution >= 4 is 17.4 Å². The molecule has 4 nitrogen and oxygen atoms in total. The first-order chi connectivity index (χ1) is 10.4. The summed E-state index contributed by atoms with van der Waals surface area (Å²) in [5.74, 6) is 1.42. The lowest BCUT2D eigenvalue weighted by Crippen LogP contribution is -3.18. The summed E-state index contributed by atoms with van der Waals surface area (Å²) >= 11 is 0. The van der Waals surface area contributed by atoms with Gasteiger partial charge in [0.1, 0.15) is 0 Å². The highest BCUT2D eigenvalue weighted by molar-refractivity contribution is 5.96. The molecule has 2 rings (SSSR count). The third-order valence-electron chi connectivity index (χ3n) is 4.59. The Morgan fingerprint density at radius 1 is 1.14 bits per heavy atom. The first kappa shape index (κ1) is 16.7. The van der Waals surface area contributed by atoms with Crippen molar-refractivity contribution < 1.29 is 14.5 Å². The van der Waals surface area contributed by atoms with Crippen molar-refractivity contribution in [1.29, 1.82) is 0 Å². The molecule has 0 aromatic heterocycles. The van der Waals surface area contributed by atoms with Crippen LogP contribution < -0.4 is 10.2 Å². The van der Waals surface area contributed by atoms with Gasteiger partial charge in [0.05, 0.1) is 13.1 Å². The minimum atomic E-state index is -0.0577. The number of Topliss-reactive ketones (excluding diaryl/α,β-unsaturated/α-hetero) is 1. The monoisotopic (exact) mass is 303 g/mol. The quantitative estimate of drug-likeness (QED) is 0.833. The highest BCUT2D eigenvalue weighted by Gasteiger charge is 2.32. The average molecular weight is 303 g/mol. The van der Waals surface area contributed by atoms with E-state index in [9.17, 15) is 9.59 Å². The number of carbonyl (C=O) groups is 2. The second-order valence-corrected chi connectivity index (χ2v) is 6.86. The van der Waals surface area contributed by atoms with Crippen molar-refractivity contribution in [1.82, 2.24) is 0 Å². The Kier molecular flexibility index (Phi) is 5.35. The topological polar surface area (TPSA) is 50.6 Å². The number of quaternary nitrogens is 1. The Labute approximate surface area is 132 Å². The van der Waals surface area contributed by atoms with E-state index in [0.717, 1.165) is 18.8 Å². The molecule has 0 bridgehead atoms. The van der Waals surface area contributed by atoms with E-state index in [-0.39, 0.29) is 17.7 Å². The molecule has 0 radical (unpaired) electrons. The molecule has 1 saturated heterocycles. The lowest BCUT2D eigenvalue weighted by atomic mass is 9.91. The summed E-state index contributed by atoms with van der Waals surface area (Å²) in [4.78, 5) is 25.1. The molecule has 1 aromatic carbocycles. The van der Waals surface area contributed by atoms with Gasteiger partial charge in [-0.2, -0.15) is 0 Å². The van der Waals surface area contributed by atoms with Crippen LogP contribution in [0.1, 0.15) is 44.5 Å². The average Bonchev–Trinajstić information content (AvgIpc) is 2.46. The van der Waals surface area contributed by atoms with E-state index in [1.54, 1.807) is 24.3 Å². The molecule has 22 heavy (non-hydrogen) atoms. The second-order valence-electron chi connectivity index (χ2n) is 6.86. The second kappa shape index (κ2) is 7.05. The van der Waals surface area contributed by atoms with Gasteiger partial charge in [0, 0.05) is 23.1 Å². The molecule has 1 heterocycles. The number of hydrogen-bond acceptors (Lipinski definition) is 2. The molecule has 4 heteroatoms. The van der Waals surface area contributed by atoms with Crippen LogP contribution in [0.15, 0.2) is 24.3 Å². The number of amides is 1. The number of anilines is 1. The molecular formula is C18H27N2O2+. The molecule has 3 atom stereocenters. The van der Waals surface area contributed by atoms with E-state index in [1.807, 2.05) is 6.92 Å². The van der Waals surface area contributed by atoms with Crippen molar-refractivity contribution in [2.24, 2.45) is 11.8 Å². The Bertz CT molecular complexity index is 529. The summed E-state index contributed by atoms with van der Waals surface area (Å²) in [5.41, 5.74) is 1.41. The summed E-state index contributed by atoms with van der Waals surface area (Å²) in [6, 6.07) is 7.02. The van der Waals surface area contributed by atoms with Gasteiger partial charge in [0.15, 0.2) is 11.8 Å². The lowest BCUT2D eigenvalue weighted by molar-refractivity contribution is -0.925. The van der Waals surface area contributed by atoms with Crippen molar-refractivity contribution in [3.05, 3.63) is 29.8 Å². The lowest BCUT2D eigenvalue weighted by Gasteiger charge is -2.35. The van der Waals surface area contributed by atoms with Gasteiger partial charge >= 0.3 is 0 Å². The van der Waals surface area contributed by atoms with Crippen molar-refractivity contribution in [3.63, 3.8) is 0 Å². The fraction of sp³-hybridized carbons (Fsp3) is 0.556. The number of piperidine rings is 1. The smallest absolute Gasteiger partial charge is 0.282 e. The van der Waals surface area contributed by atoms with Gasteiger partial charge in [-0.05, 0) is 44.5 Å². The number of nitrogens with one attached hydrogen (secondary N) is 2. The minimum absolute atomic E-state index is 0.0342. The van der Waals surface area contributed by atoms with Crippen LogP contribution in [0.5, 0.6) is 0 Å². The molecule has 1 aliphatic heterocycles. The maximum absolute atomic E-state index is 12.4. The third kappa shape index (κ3) is 4.17. The van der Waals surface area contributed by atoms with Crippen LogP contribution in [0.25, 0.3) is 0 Å². The SMILES string of the molecule is CC(=O)c1ccc(NC(=O)[C@H](C)[NH+]2C[C@H](C)C[C@@H](C)C2)cc1. The van der Waals surface area contributed by atoms with Crippen LogP contribution in [-0.2, 0) is 4.79 Å². The predicted molar refractivity (Wildman–Crippen MR) is 88.2 cm³/mol. The number of rotatable bonds is 4. The number of benzene rings is 1. The molecule has 2 N–H and O–H groups in total. The minimum Gasteiger partial charge on any atom is -0.324 e. The first-order valence-corrected chi connectivity index (χ1v) is 8.13. The highest BCUT2D eigenvalue weighted by Crippen LogP contribution is 2.13. The normalized spacial score (nSPS) is 26.3. The van der Waals surface area contributed by atoms with Gasteiger partial charge in [-0.25, -0.2) is 0 Å². The number of hydrogen-bond donors (Lipinski definition) is 2. The Morgan fingerprint density at radius 2 is 1.68 bits per heavy atom. The van der Waals surface area contributed by atoms with E-state index in [0.29, 0.717) is 17.4 Å². The Hall–Kier alpha value is -1.68. The largest absolute Gasteiger partial charge is 0.324 e. The van der Waals surface area contributed by atoms with E-state index >= 15 is 0 Å². The molecule has 1 amide bonds. The zero-order chi connectivity index (χ0) is 16.3. The van der Waals surface area contributed by atoms with Gasteiger partial charge in [0.25, 0.3) is 5.91 Å². The summed E-state index contributed by atoms with van der Waals surface area (Å²) in [5, 5.41) is 2.96. The summed E-state index contributed by atoms with van der Waals surface area (Å²) < 4.78 is 0. The third-order valence-corrected chi connectivity index (χ3v) is 4.59. The van der Waals surface area contributed by atoms with Crippen molar-refractivity contribution in [2.75, 3.05) is 18.4 Å². The van der Waals surface area contributed by atoms with Gasteiger partial charge in [-0.15, -0.1) is 0 Å². The number of likely N-dealkylation sites (tertiary alicyclic amines) is 1. The van der Waals surface area contributed by atoms with E-state index < -0.39 is 0 Å². The molecular weight excluding hydrogens is 276 g/mol. The molecule has 1 fully saturated rings. The van der Waals surface area contributed by atoms with Gasteiger partial charge in [0.2, 0.25) is 0 Å². The van der Waals surface area contributed by atoms with Gasteiger partial charge in [-0.3, -0.25) is 9.59 Å². The van der Waals surface area contributed by atoms with E-state index in [4.69, 9.17) is 0 Å². The maximum atomic E-state index is 12.4. The fourth-order valence-electron chi connectivity index (χ4n) is 3.41. The van der Waals surface area contributed by atoms with Crippen LogP contribution in [0.2, 0.25) is 0 Å². The fourth-order valence-corrected chi connectivity index (χ4v) is 3.41. The first-order valence-electron chi connectivity index (χ1n) is 8.13. The van der Waals surface area contributed by atoms with Gasteiger partial charge < -0.3 is 10.2 Å². The van der Waals surface area contributed by atoms with Crippen LogP contribution in [0.4, 0.5) is 5.69 Å². The zero-order valence-corrected chi connectivity index (χ0v) is 14.0. The molecule has 1 aliphatic rings. The molecule has 0 aliphatic carbocycles. The maximum Gasteiger partial charge on any atom is 0.282 e. The van der Waals surface area contributed by atoms with Crippen LogP contribution in [0.3, 0.4) is 0 Å². The van der Waals surface area contributed by atoms with Crippen molar-refractivity contribution in [3.8, 4) is 0 Å². The van der Waals surface area contributed by atoms with E-state index in [2.05, 4.69) is 19.2 Å². The summed E-state index contributed by atoms with van der Waals surface area (Å²) in [6.07, 6.45) is 1.25. The molecule has 0 unspecified atom stereocenters. The summed E-state index contributed by atoms with van der Waals surface area (Å²) in [6.45, 7) is 10.2. The molecule has 0 saturated carbocycles. The standard InChI is InChI=1S/C18H26N2O2/c1-12-9-13(2)11-20(10-12)14(3)18(22)19-17-7-5-16(6-8-17)15(4)21/h5-8,12-14H,9-11H2,1-4H3,(H,19,22)/p+1/t12-,13-,14+/m1/s1. The predicted octanol–water partition coefficient (Wildman–Crippen LogP) is 1.78. The Morgan fingerprint density at radius 3 is 2.18 bits per heavy atom. The highest BCUT2D eigenvalue weighted by atomic mass is 16.2. The number of ketones is 1. The van der Waals surface area contributed by atoms with Crippen LogP contribution >= 0.6 is 0 Å². The van der Waals surface area contributed by atoms with E-state index in [1.165, 1.54) is 18.2 Å². The summed E-state index contributed by atoms with van der Waals surface area (Å²) in [7, 11) is 0. The van der Waals surface area contributed by atoms with Crippen LogP contribution in [0, 0.1) is 11.8 Å². The van der Waals surface area contributed by atoms with Crippen LogP contribution in [-0.4, -0.2) is 30.8 Å². The van der Waals surface area contributed by atoms with Crippen molar-refractivity contribution in [2.45, 2.75) is 40.2 Å². The molecule has 120 valence electrons. The Balaban J connectivity index is 1.97. The molecule has 1 aromatic rings. The zero-order valence-electron chi connectivity index (χ0n) is 14.0. The number of carbonyl (C=O) groups excluding carboxylic acids is 2. The molecule has 0 spiro atoms.